The van der Waals surface area contributed by atoms with Gasteiger partial charge in [-0.15, -0.1) is 11.7 Å². The molecule has 0 aliphatic carbocycles. The molecule has 0 aliphatic heterocycles. The molecule has 2 atom stereocenters. The number of carbonyl (C=O) groups excluding carboxylic acids is 6. The van der Waals surface area contributed by atoms with Gasteiger partial charge >= 0.3 is 6.09 Å². The molecule has 14 heteroatoms. The van der Waals surface area contributed by atoms with Gasteiger partial charge in [-0.25, -0.2) is 4.79 Å². The second-order valence-electron chi connectivity index (χ2n) is 9.53. The van der Waals surface area contributed by atoms with E-state index >= 15 is 0 Å². The SMILES string of the molecule is CCC(SS)C(=O)N(C=O)CCCCCC(=O)NC(C(=O)NCC(=O)Nc1ccc(COC(=O)NC)cc1)C(C)C. The van der Waals surface area contributed by atoms with Gasteiger partial charge in [0.2, 0.25) is 30.0 Å². The summed E-state index contributed by atoms with van der Waals surface area (Å²) in [5.74, 6) is -1.71. The van der Waals surface area contributed by atoms with E-state index in [9.17, 15) is 28.8 Å². The Balaban J connectivity index is 2.43. The molecule has 4 N–H and O–H groups in total. The number of rotatable bonds is 18. The zero-order valence-corrected chi connectivity index (χ0v) is 25.6. The van der Waals surface area contributed by atoms with Gasteiger partial charge in [-0.05, 0) is 42.9 Å². The van der Waals surface area contributed by atoms with Gasteiger partial charge in [-0.3, -0.25) is 28.9 Å². The van der Waals surface area contributed by atoms with E-state index in [1.54, 1.807) is 38.1 Å². The fraction of sp³-hybridized carbons (Fsp3) is 0.556. The van der Waals surface area contributed by atoms with Crippen LogP contribution >= 0.6 is 22.5 Å². The maximum atomic E-state index is 12.7. The molecule has 0 aliphatic rings. The fourth-order valence-electron chi connectivity index (χ4n) is 3.61. The minimum atomic E-state index is -0.817. The fourth-order valence-corrected chi connectivity index (χ4v) is 4.70. The van der Waals surface area contributed by atoms with E-state index in [1.807, 2.05) is 6.92 Å². The van der Waals surface area contributed by atoms with Crippen LogP contribution in [0.4, 0.5) is 10.5 Å². The van der Waals surface area contributed by atoms with Crippen LogP contribution in [0.1, 0.15) is 58.4 Å². The first-order valence-corrected chi connectivity index (χ1v) is 15.4. The number of imide groups is 1. The van der Waals surface area contributed by atoms with Crippen molar-refractivity contribution in [3.8, 4) is 0 Å². The molecule has 1 aromatic carbocycles. The molecule has 0 bridgehead atoms. The van der Waals surface area contributed by atoms with E-state index in [-0.39, 0.29) is 49.1 Å². The Labute approximate surface area is 250 Å². The number of hydrogen-bond acceptors (Lipinski definition) is 9. The summed E-state index contributed by atoms with van der Waals surface area (Å²) < 4.78 is 4.96. The molecule has 0 radical (unpaired) electrons. The normalized spacial score (nSPS) is 12.0. The third-order valence-corrected chi connectivity index (χ3v) is 7.54. The van der Waals surface area contributed by atoms with Crippen LogP contribution in [0, 0.1) is 5.92 Å². The second-order valence-corrected chi connectivity index (χ2v) is 10.9. The lowest BCUT2D eigenvalue weighted by Crippen LogP contribution is -2.51. The summed E-state index contributed by atoms with van der Waals surface area (Å²) in [6, 6.07) is 5.88. The standard InChI is InChI=1S/C27H41N5O7S2/c1-5-21(41-40)26(37)32(17-33)14-8-6-7-9-22(34)31-24(18(2)3)25(36)29-15-23(35)30-20-12-10-19(11-13-20)16-39-27(38)28-4/h10-13,17-18,21,24,40H,5-9,14-16H2,1-4H3,(H,28,38)(H,29,36)(H,30,35)(H,31,34). The summed E-state index contributed by atoms with van der Waals surface area (Å²) in [7, 11) is 2.57. The molecule has 1 rings (SSSR count). The molecular weight excluding hydrogens is 570 g/mol. The van der Waals surface area contributed by atoms with Crippen LogP contribution in [0.25, 0.3) is 0 Å². The van der Waals surface area contributed by atoms with Gasteiger partial charge in [-0.2, -0.15) is 0 Å². The summed E-state index contributed by atoms with van der Waals surface area (Å²) >= 11 is 4.08. The zero-order chi connectivity index (χ0) is 30.8. The van der Waals surface area contributed by atoms with Crippen molar-refractivity contribution in [2.45, 2.75) is 70.8 Å². The second kappa shape index (κ2) is 19.8. The number of anilines is 1. The first-order chi connectivity index (χ1) is 19.6. The molecule has 0 spiro atoms. The van der Waals surface area contributed by atoms with Gasteiger partial charge < -0.3 is 26.0 Å². The number of carbonyl (C=O) groups is 6. The van der Waals surface area contributed by atoms with Crippen LogP contribution < -0.4 is 21.3 Å². The van der Waals surface area contributed by atoms with Crippen LogP contribution in [0.3, 0.4) is 0 Å². The van der Waals surface area contributed by atoms with E-state index in [0.29, 0.717) is 37.8 Å². The zero-order valence-electron chi connectivity index (χ0n) is 23.9. The number of unbranched alkanes of at least 4 members (excludes halogenated alkanes) is 2. The number of ether oxygens (including phenoxy) is 1. The van der Waals surface area contributed by atoms with E-state index in [4.69, 9.17) is 4.74 Å². The minimum Gasteiger partial charge on any atom is -0.445 e. The Hall–Kier alpha value is -3.26. The van der Waals surface area contributed by atoms with Crippen molar-refractivity contribution in [2.24, 2.45) is 5.92 Å². The predicted octanol–water partition coefficient (Wildman–Crippen LogP) is 2.64. The molecule has 0 aromatic heterocycles. The third-order valence-electron chi connectivity index (χ3n) is 5.99. The summed E-state index contributed by atoms with van der Waals surface area (Å²) in [5, 5.41) is 9.92. The van der Waals surface area contributed by atoms with Crippen LogP contribution in [0.15, 0.2) is 24.3 Å². The number of alkyl carbamates (subject to hydrolysis) is 1. The molecule has 228 valence electrons. The van der Waals surface area contributed by atoms with E-state index < -0.39 is 23.9 Å². The van der Waals surface area contributed by atoms with E-state index in [0.717, 1.165) is 21.3 Å². The summed E-state index contributed by atoms with van der Waals surface area (Å²) in [6.45, 7) is 5.50. The molecule has 0 heterocycles. The van der Waals surface area contributed by atoms with Gasteiger partial charge in [-0.1, -0.05) is 50.1 Å². The molecule has 2 unspecified atom stereocenters. The Morgan fingerprint density at radius 1 is 1.05 bits per heavy atom. The molecular formula is C27H41N5O7S2. The quantitative estimate of drug-likeness (QED) is 0.0732. The average molecular weight is 612 g/mol. The molecule has 12 nitrogen and oxygen atoms in total. The first kappa shape index (κ1) is 35.8. The predicted molar refractivity (Wildman–Crippen MR) is 161 cm³/mol. The third kappa shape index (κ3) is 13.8. The molecule has 0 saturated heterocycles. The number of nitrogens with one attached hydrogen (secondary N) is 4. The summed E-state index contributed by atoms with van der Waals surface area (Å²) in [4.78, 5) is 73.3. The van der Waals surface area contributed by atoms with Crippen molar-refractivity contribution in [3.63, 3.8) is 0 Å². The Morgan fingerprint density at radius 3 is 2.29 bits per heavy atom. The van der Waals surface area contributed by atoms with Crippen molar-refractivity contribution in [3.05, 3.63) is 29.8 Å². The maximum absolute atomic E-state index is 12.7. The van der Waals surface area contributed by atoms with Gasteiger partial charge in [0.15, 0.2) is 0 Å². The smallest absolute Gasteiger partial charge is 0.407 e. The highest BCUT2D eigenvalue weighted by Crippen LogP contribution is 2.20. The number of benzene rings is 1. The Bertz CT molecular complexity index is 1020. The van der Waals surface area contributed by atoms with Gasteiger partial charge in [0.1, 0.15) is 12.6 Å². The van der Waals surface area contributed by atoms with Crippen molar-refractivity contribution in [1.82, 2.24) is 20.9 Å². The summed E-state index contributed by atoms with van der Waals surface area (Å²) in [5.41, 5.74) is 1.25. The lowest BCUT2D eigenvalue weighted by Gasteiger charge is -2.22. The van der Waals surface area contributed by atoms with Crippen molar-refractivity contribution in [2.75, 3.05) is 25.5 Å². The number of thiol groups is 1. The molecule has 6 amide bonds. The largest absolute Gasteiger partial charge is 0.445 e. The highest BCUT2D eigenvalue weighted by molar-refractivity contribution is 8.69. The van der Waals surface area contributed by atoms with Gasteiger partial charge in [0.05, 0.1) is 11.8 Å². The molecule has 0 saturated carbocycles. The lowest BCUT2D eigenvalue weighted by atomic mass is 10.0. The van der Waals surface area contributed by atoms with Crippen LogP contribution in [-0.2, 0) is 35.3 Å². The minimum absolute atomic E-state index is 0.0848. The van der Waals surface area contributed by atoms with Crippen LogP contribution in [-0.4, -0.2) is 72.5 Å². The summed E-state index contributed by atoms with van der Waals surface area (Å²) in [6.07, 6.45) is 2.43. The lowest BCUT2D eigenvalue weighted by molar-refractivity contribution is -0.137. The Kier molecular flexibility index (Phi) is 17.2. The highest BCUT2D eigenvalue weighted by Gasteiger charge is 2.25. The van der Waals surface area contributed by atoms with E-state index in [2.05, 4.69) is 32.9 Å². The van der Waals surface area contributed by atoms with Crippen LogP contribution in [0.2, 0.25) is 0 Å². The molecule has 1 aromatic rings. The van der Waals surface area contributed by atoms with Crippen molar-refractivity contribution in [1.29, 1.82) is 0 Å². The average Bonchev–Trinajstić information content (AvgIpc) is 2.96. The van der Waals surface area contributed by atoms with Crippen molar-refractivity contribution < 1.29 is 33.5 Å². The molecule has 41 heavy (non-hydrogen) atoms. The van der Waals surface area contributed by atoms with Gasteiger partial charge in [0, 0.05) is 25.7 Å². The Morgan fingerprint density at radius 2 is 1.73 bits per heavy atom. The maximum Gasteiger partial charge on any atom is 0.407 e. The number of nitrogens with zero attached hydrogens (tertiary/aromatic N) is 1. The van der Waals surface area contributed by atoms with Crippen LogP contribution in [0.5, 0.6) is 0 Å². The monoisotopic (exact) mass is 611 g/mol. The topological polar surface area (TPSA) is 163 Å². The van der Waals surface area contributed by atoms with E-state index in [1.165, 1.54) is 7.05 Å². The molecule has 0 fully saturated rings. The van der Waals surface area contributed by atoms with Crippen molar-refractivity contribution >= 4 is 64.3 Å². The first-order valence-electron chi connectivity index (χ1n) is 13.4. The highest BCUT2D eigenvalue weighted by atomic mass is 33.1. The number of hydrogen-bond donors (Lipinski definition) is 5. The van der Waals surface area contributed by atoms with Gasteiger partial charge in [0.25, 0.3) is 0 Å². The number of amides is 6.